The molecule has 0 aliphatic carbocycles. The van der Waals surface area contributed by atoms with E-state index in [-0.39, 0.29) is 11.7 Å². The highest BCUT2D eigenvalue weighted by Gasteiger charge is 2.12. The van der Waals surface area contributed by atoms with E-state index in [1.165, 1.54) is 0 Å². The van der Waals surface area contributed by atoms with Gasteiger partial charge in [0.1, 0.15) is 5.75 Å². The smallest absolute Gasteiger partial charge is 0.178 e. The first-order chi connectivity index (χ1) is 7.60. The quantitative estimate of drug-likeness (QED) is 0.582. The third-order valence-electron chi connectivity index (χ3n) is 2.38. The lowest BCUT2D eigenvalue weighted by Gasteiger charge is -2.11. The number of hydrogen-bond acceptors (Lipinski definition) is 2. The third-order valence-corrected chi connectivity index (χ3v) is 2.62. The number of carbonyl (C=O) groups excluding carboxylic acids is 1. The fraction of sp³-hybridized carbons (Fsp3) is 0.462. The Labute approximate surface area is 102 Å². The SMILES string of the molecule is CCCOc1cc(C)c(C(=O)CCl)c(C)c1. The van der Waals surface area contributed by atoms with Crippen molar-refractivity contribution in [3.05, 3.63) is 28.8 Å². The molecule has 2 nitrogen and oxygen atoms in total. The lowest BCUT2D eigenvalue weighted by atomic mass is 9.99. The second kappa shape index (κ2) is 5.90. The number of halogens is 1. The number of rotatable bonds is 5. The monoisotopic (exact) mass is 240 g/mol. The summed E-state index contributed by atoms with van der Waals surface area (Å²) in [6, 6.07) is 3.78. The maximum absolute atomic E-state index is 11.6. The number of ketones is 1. The summed E-state index contributed by atoms with van der Waals surface area (Å²) in [5.41, 5.74) is 2.58. The lowest BCUT2D eigenvalue weighted by molar-refractivity contribution is 0.102. The molecule has 16 heavy (non-hydrogen) atoms. The van der Waals surface area contributed by atoms with Gasteiger partial charge in [-0.05, 0) is 43.5 Å². The highest BCUT2D eigenvalue weighted by Crippen LogP contribution is 2.22. The van der Waals surface area contributed by atoms with Gasteiger partial charge in [-0.25, -0.2) is 0 Å². The molecule has 0 saturated carbocycles. The van der Waals surface area contributed by atoms with Crippen LogP contribution < -0.4 is 4.74 Å². The van der Waals surface area contributed by atoms with E-state index in [4.69, 9.17) is 16.3 Å². The first-order valence-electron chi connectivity index (χ1n) is 5.43. The van der Waals surface area contributed by atoms with Crippen LogP contribution in [0.3, 0.4) is 0 Å². The first-order valence-corrected chi connectivity index (χ1v) is 5.96. The van der Waals surface area contributed by atoms with Crippen LogP contribution in [0, 0.1) is 13.8 Å². The summed E-state index contributed by atoms with van der Waals surface area (Å²) in [6.45, 7) is 6.57. The van der Waals surface area contributed by atoms with Gasteiger partial charge in [0.05, 0.1) is 12.5 Å². The summed E-state index contributed by atoms with van der Waals surface area (Å²) in [5, 5.41) is 0. The number of alkyl halides is 1. The maximum Gasteiger partial charge on any atom is 0.178 e. The van der Waals surface area contributed by atoms with E-state index < -0.39 is 0 Å². The van der Waals surface area contributed by atoms with Gasteiger partial charge in [0, 0.05) is 5.56 Å². The molecule has 0 aliphatic rings. The number of ether oxygens (including phenoxy) is 1. The van der Waals surface area contributed by atoms with Gasteiger partial charge in [0.25, 0.3) is 0 Å². The van der Waals surface area contributed by atoms with Gasteiger partial charge in [0.15, 0.2) is 5.78 Å². The topological polar surface area (TPSA) is 26.3 Å². The summed E-state index contributed by atoms with van der Waals surface area (Å²) in [6.07, 6.45) is 0.973. The Kier molecular flexibility index (Phi) is 4.81. The van der Waals surface area contributed by atoms with Gasteiger partial charge in [0.2, 0.25) is 0 Å². The Morgan fingerprint density at radius 1 is 1.31 bits per heavy atom. The summed E-state index contributed by atoms with van der Waals surface area (Å²) < 4.78 is 5.54. The zero-order valence-corrected chi connectivity index (χ0v) is 10.7. The van der Waals surface area contributed by atoms with Crippen LogP contribution in [-0.2, 0) is 0 Å². The van der Waals surface area contributed by atoms with Crippen LogP contribution >= 0.6 is 11.6 Å². The lowest BCUT2D eigenvalue weighted by Crippen LogP contribution is -2.07. The van der Waals surface area contributed by atoms with Crippen molar-refractivity contribution < 1.29 is 9.53 Å². The molecule has 3 heteroatoms. The van der Waals surface area contributed by atoms with Crippen LogP contribution in [0.4, 0.5) is 0 Å². The van der Waals surface area contributed by atoms with Crippen LogP contribution in [0.1, 0.15) is 34.8 Å². The first kappa shape index (κ1) is 13.0. The molecule has 0 atom stereocenters. The van der Waals surface area contributed by atoms with Crippen molar-refractivity contribution in [3.8, 4) is 5.75 Å². The number of Topliss-reactive ketones (excluding diaryl/α,β-unsaturated/α-hetero) is 1. The summed E-state index contributed by atoms with van der Waals surface area (Å²) in [7, 11) is 0. The summed E-state index contributed by atoms with van der Waals surface area (Å²) in [5.74, 6) is 0.818. The second-order valence-electron chi connectivity index (χ2n) is 3.84. The molecule has 0 heterocycles. The molecule has 1 aromatic carbocycles. The Bertz CT molecular complexity index is 363. The van der Waals surface area contributed by atoms with Crippen LogP contribution in [0.2, 0.25) is 0 Å². The van der Waals surface area contributed by atoms with E-state index in [2.05, 4.69) is 6.92 Å². The Hall–Kier alpha value is -1.02. The van der Waals surface area contributed by atoms with Crippen molar-refractivity contribution in [2.75, 3.05) is 12.5 Å². The number of carbonyl (C=O) groups is 1. The average molecular weight is 241 g/mol. The van der Waals surface area contributed by atoms with Gasteiger partial charge < -0.3 is 4.74 Å². The van der Waals surface area contributed by atoms with Crippen LogP contribution in [0.5, 0.6) is 5.75 Å². The normalized spacial score (nSPS) is 10.2. The predicted molar refractivity (Wildman–Crippen MR) is 66.8 cm³/mol. The number of aryl methyl sites for hydroxylation is 2. The fourth-order valence-corrected chi connectivity index (χ4v) is 1.87. The molecule has 1 aromatic rings. The molecule has 0 aliphatic heterocycles. The van der Waals surface area contributed by atoms with E-state index >= 15 is 0 Å². The van der Waals surface area contributed by atoms with E-state index in [9.17, 15) is 4.79 Å². The standard InChI is InChI=1S/C13H17ClO2/c1-4-5-16-11-6-9(2)13(10(3)7-11)12(15)8-14/h6-7H,4-5,8H2,1-3H3. The van der Waals surface area contributed by atoms with Crippen molar-refractivity contribution in [1.29, 1.82) is 0 Å². The Balaban J connectivity index is 3.02. The minimum absolute atomic E-state index is 0.0246. The molecule has 0 radical (unpaired) electrons. The number of hydrogen-bond donors (Lipinski definition) is 0. The summed E-state index contributed by atoms with van der Waals surface area (Å²) in [4.78, 5) is 11.6. The van der Waals surface area contributed by atoms with Crippen LogP contribution in [0.25, 0.3) is 0 Å². The van der Waals surface area contributed by atoms with Crippen LogP contribution in [0.15, 0.2) is 12.1 Å². The second-order valence-corrected chi connectivity index (χ2v) is 4.10. The predicted octanol–water partition coefficient (Wildman–Crippen LogP) is 3.51. The van der Waals surface area contributed by atoms with Gasteiger partial charge in [-0.2, -0.15) is 0 Å². The highest BCUT2D eigenvalue weighted by molar-refractivity contribution is 6.30. The molecule has 0 bridgehead atoms. The molecule has 0 unspecified atom stereocenters. The molecule has 0 amide bonds. The molecule has 0 spiro atoms. The molecule has 0 aromatic heterocycles. The van der Waals surface area contributed by atoms with Crippen molar-refractivity contribution >= 4 is 17.4 Å². The van der Waals surface area contributed by atoms with Crippen molar-refractivity contribution in [1.82, 2.24) is 0 Å². The van der Waals surface area contributed by atoms with Crippen LogP contribution in [-0.4, -0.2) is 18.3 Å². The van der Waals surface area contributed by atoms with Gasteiger partial charge in [-0.1, -0.05) is 6.92 Å². The molecule has 1 rings (SSSR count). The minimum atomic E-state index is -0.0290. The van der Waals surface area contributed by atoms with Gasteiger partial charge in [-0.3, -0.25) is 4.79 Å². The Morgan fingerprint density at radius 3 is 2.31 bits per heavy atom. The van der Waals surface area contributed by atoms with E-state index in [1.54, 1.807) is 0 Å². The van der Waals surface area contributed by atoms with Gasteiger partial charge >= 0.3 is 0 Å². The van der Waals surface area contributed by atoms with Gasteiger partial charge in [-0.15, -0.1) is 11.6 Å². The molecular weight excluding hydrogens is 224 g/mol. The van der Waals surface area contributed by atoms with Crippen molar-refractivity contribution in [3.63, 3.8) is 0 Å². The number of benzene rings is 1. The molecule has 88 valence electrons. The third kappa shape index (κ3) is 2.99. The Morgan fingerprint density at radius 2 is 1.88 bits per heavy atom. The minimum Gasteiger partial charge on any atom is -0.494 e. The largest absolute Gasteiger partial charge is 0.494 e. The molecule has 0 fully saturated rings. The molecular formula is C13H17ClO2. The van der Waals surface area contributed by atoms with E-state index in [1.807, 2.05) is 26.0 Å². The zero-order valence-electron chi connectivity index (χ0n) is 9.97. The van der Waals surface area contributed by atoms with E-state index in [0.717, 1.165) is 28.9 Å². The maximum atomic E-state index is 11.6. The average Bonchev–Trinajstić information content (AvgIpc) is 2.25. The summed E-state index contributed by atoms with van der Waals surface area (Å²) >= 11 is 5.57. The molecule has 0 saturated heterocycles. The van der Waals surface area contributed by atoms with Crippen molar-refractivity contribution in [2.45, 2.75) is 27.2 Å². The zero-order chi connectivity index (χ0) is 12.1. The highest BCUT2D eigenvalue weighted by atomic mass is 35.5. The van der Waals surface area contributed by atoms with Crippen molar-refractivity contribution in [2.24, 2.45) is 0 Å². The molecule has 0 N–H and O–H groups in total. The fourth-order valence-electron chi connectivity index (χ4n) is 1.73. The van der Waals surface area contributed by atoms with E-state index in [0.29, 0.717) is 6.61 Å².